The molecule has 1 rings (SSSR count). The van der Waals surface area contributed by atoms with Crippen molar-refractivity contribution in [3.8, 4) is 0 Å². The van der Waals surface area contributed by atoms with E-state index in [1.165, 1.54) is 0 Å². The zero-order valence-electron chi connectivity index (χ0n) is 11.8. The molecule has 0 bridgehead atoms. The van der Waals surface area contributed by atoms with Crippen molar-refractivity contribution in [1.82, 2.24) is 4.98 Å². The van der Waals surface area contributed by atoms with Crippen LogP contribution in [0.15, 0.2) is 12.3 Å². The van der Waals surface area contributed by atoms with Crippen molar-refractivity contribution in [2.24, 2.45) is 5.41 Å². The fourth-order valence-corrected chi connectivity index (χ4v) is 1.92. The minimum atomic E-state index is -0.507. The second-order valence-electron chi connectivity index (χ2n) is 5.45. The Morgan fingerprint density at radius 1 is 1.50 bits per heavy atom. The average Bonchev–Trinajstić information content (AvgIpc) is 2.23. The predicted molar refractivity (Wildman–Crippen MR) is 72.6 cm³/mol. The quantitative estimate of drug-likeness (QED) is 0.834. The second-order valence-corrected chi connectivity index (χ2v) is 5.45. The number of anilines is 1. The topological polar surface area (TPSA) is 65.2 Å². The van der Waals surface area contributed by atoms with Crippen LogP contribution in [0, 0.1) is 12.3 Å². The van der Waals surface area contributed by atoms with Gasteiger partial charge in [0.25, 0.3) is 0 Å². The lowest BCUT2D eigenvalue weighted by atomic mass is 9.83. The molecule has 0 aliphatic carbocycles. The van der Waals surface area contributed by atoms with Crippen LogP contribution in [0.2, 0.25) is 0 Å². The van der Waals surface area contributed by atoms with E-state index in [4.69, 9.17) is 10.5 Å². The van der Waals surface area contributed by atoms with Crippen LogP contribution in [0.4, 0.5) is 5.82 Å². The number of nitrogens with two attached hydrogens (primary N) is 1. The van der Waals surface area contributed by atoms with E-state index in [1.807, 2.05) is 34.6 Å². The molecule has 1 aromatic rings. The number of nitrogen functional groups attached to an aromatic ring is 1. The van der Waals surface area contributed by atoms with Crippen molar-refractivity contribution < 1.29 is 9.53 Å². The third-order valence-corrected chi connectivity index (χ3v) is 2.79. The van der Waals surface area contributed by atoms with E-state index in [0.29, 0.717) is 12.2 Å². The summed E-state index contributed by atoms with van der Waals surface area (Å²) < 4.78 is 5.60. The molecule has 1 heterocycles. The fourth-order valence-electron chi connectivity index (χ4n) is 1.92. The second kappa shape index (κ2) is 5.48. The molecule has 1 aromatic heterocycles. The number of aromatic nitrogens is 1. The van der Waals surface area contributed by atoms with Gasteiger partial charge < -0.3 is 10.5 Å². The molecule has 100 valence electrons. The lowest BCUT2D eigenvalue weighted by molar-refractivity contribution is -0.000220. The summed E-state index contributed by atoms with van der Waals surface area (Å²) in [6.45, 7) is 10.2. The first-order valence-electron chi connectivity index (χ1n) is 6.16. The molecule has 0 amide bonds. The molecule has 0 aliphatic rings. The summed E-state index contributed by atoms with van der Waals surface area (Å²) >= 11 is 0. The molecule has 4 nitrogen and oxygen atoms in total. The summed E-state index contributed by atoms with van der Waals surface area (Å²) in [5.74, 6) is 0.182. The predicted octanol–water partition coefficient (Wildman–Crippen LogP) is 2.61. The van der Waals surface area contributed by atoms with Gasteiger partial charge in [0.15, 0.2) is 5.78 Å². The molecule has 0 saturated heterocycles. The Bertz CT molecular complexity index is 416. The molecule has 0 fully saturated rings. The number of carbonyl (C=O) groups is 1. The molecule has 0 spiro atoms. The van der Waals surface area contributed by atoms with Crippen LogP contribution >= 0.6 is 0 Å². The molecule has 18 heavy (non-hydrogen) atoms. The minimum Gasteiger partial charge on any atom is -0.383 e. The maximum atomic E-state index is 12.6. The molecule has 0 aliphatic heterocycles. The van der Waals surface area contributed by atoms with Gasteiger partial charge in [-0.15, -0.1) is 0 Å². The van der Waals surface area contributed by atoms with Gasteiger partial charge in [-0.1, -0.05) is 20.8 Å². The molecule has 1 unspecified atom stereocenters. The Morgan fingerprint density at radius 3 is 2.56 bits per heavy atom. The standard InChI is InChI=1S/C14H22N2O2/c1-6-18-12(14(3,4)5)11(17)10-9(2)7-8-16-13(10)15/h7-8,12H,6H2,1-5H3,(H2,15,16). The Hall–Kier alpha value is -1.42. The number of aryl methyl sites for hydroxylation is 1. The normalized spacial score (nSPS) is 13.4. The van der Waals surface area contributed by atoms with E-state index in [0.717, 1.165) is 5.56 Å². The Balaban J connectivity index is 3.18. The van der Waals surface area contributed by atoms with Crippen LogP contribution in [0.25, 0.3) is 0 Å². The monoisotopic (exact) mass is 250 g/mol. The summed E-state index contributed by atoms with van der Waals surface area (Å²) in [7, 11) is 0. The number of rotatable bonds is 4. The number of nitrogens with zero attached hydrogens (tertiary/aromatic N) is 1. The van der Waals surface area contributed by atoms with Gasteiger partial charge in [0, 0.05) is 12.8 Å². The number of ether oxygens (including phenoxy) is 1. The highest BCUT2D eigenvalue weighted by Gasteiger charge is 2.34. The molecular formula is C14H22N2O2. The summed E-state index contributed by atoms with van der Waals surface area (Å²) in [6.07, 6.45) is 1.10. The van der Waals surface area contributed by atoms with Crippen molar-refractivity contribution in [2.45, 2.75) is 40.7 Å². The van der Waals surface area contributed by atoms with Crippen LogP contribution in [0.5, 0.6) is 0 Å². The SMILES string of the molecule is CCOC(C(=O)c1c(C)ccnc1N)C(C)(C)C. The first-order chi connectivity index (χ1) is 8.29. The van der Waals surface area contributed by atoms with Crippen LogP contribution in [-0.4, -0.2) is 23.5 Å². The van der Waals surface area contributed by atoms with Crippen LogP contribution in [0.3, 0.4) is 0 Å². The highest BCUT2D eigenvalue weighted by atomic mass is 16.5. The van der Waals surface area contributed by atoms with Crippen LogP contribution in [-0.2, 0) is 4.74 Å². The highest BCUT2D eigenvalue weighted by molar-refractivity contribution is 6.04. The van der Waals surface area contributed by atoms with Crippen LogP contribution < -0.4 is 5.73 Å². The van der Waals surface area contributed by atoms with E-state index in [1.54, 1.807) is 12.3 Å². The summed E-state index contributed by atoms with van der Waals surface area (Å²) in [4.78, 5) is 16.6. The maximum Gasteiger partial charge on any atom is 0.196 e. The van der Waals surface area contributed by atoms with E-state index >= 15 is 0 Å². The lowest BCUT2D eigenvalue weighted by Gasteiger charge is -2.29. The number of pyridine rings is 1. The minimum absolute atomic E-state index is 0.0903. The molecule has 0 radical (unpaired) electrons. The third-order valence-electron chi connectivity index (χ3n) is 2.79. The maximum absolute atomic E-state index is 12.6. The van der Waals surface area contributed by atoms with Crippen molar-refractivity contribution in [1.29, 1.82) is 0 Å². The Kier molecular flexibility index (Phi) is 4.46. The average molecular weight is 250 g/mol. The van der Waals surface area contributed by atoms with E-state index in [2.05, 4.69) is 4.98 Å². The van der Waals surface area contributed by atoms with Gasteiger partial charge in [0.05, 0.1) is 5.56 Å². The molecule has 0 saturated carbocycles. The van der Waals surface area contributed by atoms with Gasteiger partial charge in [-0.2, -0.15) is 0 Å². The number of carbonyl (C=O) groups excluding carboxylic acids is 1. The zero-order chi connectivity index (χ0) is 13.9. The van der Waals surface area contributed by atoms with Gasteiger partial charge in [-0.3, -0.25) is 4.79 Å². The number of Topliss-reactive ketones (excluding diaryl/α,β-unsaturated/α-hetero) is 1. The largest absolute Gasteiger partial charge is 0.383 e. The fraction of sp³-hybridized carbons (Fsp3) is 0.571. The van der Waals surface area contributed by atoms with Gasteiger partial charge >= 0.3 is 0 Å². The van der Waals surface area contributed by atoms with Crippen molar-refractivity contribution in [3.05, 3.63) is 23.4 Å². The van der Waals surface area contributed by atoms with Gasteiger partial charge in [-0.25, -0.2) is 4.98 Å². The first kappa shape index (κ1) is 14.6. The van der Waals surface area contributed by atoms with Crippen LogP contribution in [0.1, 0.15) is 43.6 Å². The molecular weight excluding hydrogens is 228 g/mol. The Morgan fingerprint density at radius 2 is 2.11 bits per heavy atom. The van der Waals surface area contributed by atoms with Gasteiger partial charge in [0.1, 0.15) is 11.9 Å². The smallest absolute Gasteiger partial charge is 0.196 e. The number of ketones is 1. The molecule has 1 atom stereocenters. The van der Waals surface area contributed by atoms with E-state index < -0.39 is 6.10 Å². The summed E-state index contributed by atoms with van der Waals surface area (Å²) in [6, 6.07) is 1.79. The van der Waals surface area contributed by atoms with Gasteiger partial charge in [0.2, 0.25) is 0 Å². The number of hydrogen-bond donors (Lipinski definition) is 1. The summed E-state index contributed by atoms with van der Waals surface area (Å²) in [5.41, 5.74) is 6.85. The van der Waals surface area contributed by atoms with E-state index in [9.17, 15) is 4.79 Å². The summed E-state index contributed by atoms with van der Waals surface area (Å²) in [5, 5.41) is 0. The van der Waals surface area contributed by atoms with Gasteiger partial charge in [-0.05, 0) is 30.9 Å². The Labute approximate surface area is 109 Å². The van der Waals surface area contributed by atoms with Crippen molar-refractivity contribution in [3.63, 3.8) is 0 Å². The molecule has 4 heteroatoms. The molecule has 0 aromatic carbocycles. The molecule has 2 N–H and O–H groups in total. The van der Waals surface area contributed by atoms with Crippen molar-refractivity contribution in [2.75, 3.05) is 12.3 Å². The van der Waals surface area contributed by atoms with Crippen molar-refractivity contribution >= 4 is 11.6 Å². The highest BCUT2D eigenvalue weighted by Crippen LogP contribution is 2.28. The third kappa shape index (κ3) is 3.07. The first-order valence-corrected chi connectivity index (χ1v) is 6.16. The lowest BCUT2D eigenvalue weighted by Crippen LogP contribution is -2.38. The number of hydrogen-bond acceptors (Lipinski definition) is 4. The van der Waals surface area contributed by atoms with E-state index in [-0.39, 0.29) is 17.0 Å². The zero-order valence-corrected chi connectivity index (χ0v) is 11.8.